The van der Waals surface area contributed by atoms with Crippen molar-refractivity contribution in [1.82, 2.24) is 15.2 Å². The molecule has 222 valence electrons. The molecule has 0 saturated carbocycles. The van der Waals surface area contributed by atoms with Crippen molar-refractivity contribution in [2.24, 2.45) is 5.92 Å². The number of carboxylic acids is 2. The van der Waals surface area contributed by atoms with Crippen molar-refractivity contribution in [1.29, 1.82) is 0 Å². The molecule has 1 aromatic heterocycles. The van der Waals surface area contributed by atoms with Crippen LogP contribution in [-0.4, -0.2) is 81.6 Å². The number of hydrogen-bond donors (Lipinski definition) is 3. The number of piperidine rings is 1. The Hall–Kier alpha value is -3.46. The Morgan fingerprint density at radius 1 is 1.02 bits per heavy atom. The number of nitrogens with one attached hydrogen (secondary N) is 1. The summed E-state index contributed by atoms with van der Waals surface area (Å²) in [6, 6.07) is 13.0. The zero-order chi connectivity index (χ0) is 30.3. The van der Waals surface area contributed by atoms with Gasteiger partial charge in [-0.1, -0.05) is 24.3 Å². The van der Waals surface area contributed by atoms with Crippen LogP contribution in [0.4, 0.5) is 26.3 Å². The maximum Gasteiger partial charge on any atom is 0.490 e. The Kier molecular flexibility index (Phi) is 11.3. The quantitative estimate of drug-likeness (QED) is 0.463. The highest BCUT2D eigenvalue weighted by Crippen LogP contribution is 2.32. The van der Waals surface area contributed by atoms with Gasteiger partial charge in [0.2, 0.25) is 5.91 Å². The number of rotatable bonds is 4. The summed E-state index contributed by atoms with van der Waals surface area (Å²) in [4.78, 5) is 37.6. The van der Waals surface area contributed by atoms with Crippen molar-refractivity contribution < 1.29 is 55.7 Å². The normalized spacial score (nSPS) is 21.0. The lowest BCUT2D eigenvalue weighted by Gasteiger charge is -2.40. The second-order valence-electron chi connectivity index (χ2n) is 9.39. The van der Waals surface area contributed by atoms with Gasteiger partial charge in [0.1, 0.15) is 0 Å². The lowest BCUT2D eigenvalue weighted by atomic mass is 9.89. The first-order valence-corrected chi connectivity index (χ1v) is 12.1. The number of alkyl halides is 6. The minimum Gasteiger partial charge on any atom is -0.475 e. The summed E-state index contributed by atoms with van der Waals surface area (Å²) in [7, 11) is 0. The highest BCUT2D eigenvalue weighted by molar-refractivity contribution is 5.79. The third-order valence-corrected chi connectivity index (χ3v) is 5.92. The number of carboxylic acid groups (broad SMARTS) is 2. The average molecular weight is 582 g/mol. The molecule has 2 saturated heterocycles. The summed E-state index contributed by atoms with van der Waals surface area (Å²) < 4.78 is 69.4. The van der Waals surface area contributed by atoms with E-state index in [0.717, 1.165) is 49.1 Å². The van der Waals surface area contributed by atoms with E-state index in [1.807, 2.05) is 26.0 Å². The molecule has 1 amide bonds. The zero-order valence-electron chi connectivity index (χ0n) is 21.5. The fourth-order valence-corrected chi connectivity index (χ4v) is 4.23. The number of pyridine rings is 1. The fourth-order valence-electron chi connectivity index (χ4n) is 4.23. The van der Waals surface area contributed by atoms with Crippen LogP contribution < -0.4 is 5.32 Å². The third-order valence-electron chi connectivity index (χ3n) is 5.92. The maximum absolute atomic E-state index is 12.6. The molecule has 9 nitrogen and oxygen atoms in total. The molecule has 0 bridgehead atoms. The third kappa shape index (κ3) is 9.93. The highest BCUT2D eigenvalue weighted by atomic mass is 19.4. The number of likely N-dealkylation sites (tertiary alicyclic amines) is 1. The van der Waals surface area contributed by atoms with Crippen LogP contribution in [0.25, 0.3) is 10.9 Å². The predicted molar refractivity (Wildman–Crippen MR) is 129 cm³/mol. The summed E-state index contributed by atoms with van der Waals surface area (Å²) in [5.74, 6) is -5.39. The Morgan fingerprint density at radius 2 is 1.60 bits per heavy atom. The summed E-state index contributed by atoms with van der Waals surface area (Å²) in [5, 5.41) is 18.5. The number of fused-ring (bicyclic) bond motifs is 2. The first kappa shape index (κ1) is 32.8. The Bertz CT molecular complexity index is 1150. The molecule has 3 N–H and O–H groups in total. The van der Waals surface area contributed by atoms with Gasteiger partial charge in [-0.15, -0.1) is 0 Å². The minimum atomic E-state index is -5.08. The van der Waals surface area contributed by atoms with Crippen LogP contribution in [0.15, 0.2) is 36.4 Å². The van der Waals surface area contributed by atoms with Crippen LogP contribution in [-0.2, 0) is 25.7 Å². The van der Waals surface area contributed by atoms with Gasteiger partial charge in [-0.25, -0.2) is 9.59 Å². The number of amides is 1. The van der Waals surface area contributed by atoms with Crippen LogP contribution in [0.2, 0.25) is 0 Å². The van der Waals surface area contributed by atoms with Crippen molar-refractivity contribution in [3.05, 3.63) is 42.1 Å². The molecule has 0 unspecified atom stereocenters. The first-order chi connectivity index (χ1) is 18.5. The van der Waals surface area contributed by atoms with Gasteiger partial charge < -0.3 is 20.3 Å². The van der Waals surface area contributed by atoms with Crippen molar-refractivity contribution >= 4 is 28.7 Å². The van der Waals surface area contributed by atoms with E-state index in [0.29, 0.717) is 6.04 Å². The number of carbonyl (C=O) groups excluding carboxylic acids is 1. The van der Waals surface area contributed by atoms with Gasteiger partial charge in [-0.2, -0.15) is 26.3 Å². The highest BCUT2D eigenvalue weighted by Gasteiger charge is 2.42. The molecule has 0 aliphatic carbocycles. The number of aliphatic carboxylic acids is 2. The van der Waals surface area contributed by atoms with Gasteiger partial charge in [0, 0.05) is 37.2 Å². The molecule has 1 aromatic carbocycles. The molecular formula is C25H29F6N3O6. The number of carbonyl (C=O) groups is 3. The van der Waals surface area contributed by atoms with Crippen LogP contribution >= 0.6 is 0 Å². The largest absolute Gasteiger partial charge is 0.490 e. The molecule has 3 atom stereocenters. The lowest BCUT2D eigenvalue weighted by molar-refractivity contribution is -0.193. The van der Waals surface area contributed by atoms with Gasteiger partial charge in [0.25, 0.3) is 0 Å². The minimum absolute atomic E-state index is 0.0165. The second-order valence-corrected chi connectivity index (χ2v) is 9.39. The molecule has 15 heteroatoms. The summed E-state index contributed by atoms with van der Waals surface area (Å²) in [5.41, 5.74) is 2.08. The number of aromatic nitrogens is 1. The zero-order valence-corrected chi connectivity index (χ0v) is 21.5. The van der Waals surface area contributed by atoms with E-state index in [-0.39, 0.29) is 24.0 Å². The smallest absolute Gasteiger partial charge is 0.475 e. The van der Waals surface area contributed by atoms with E-state index in [1.54, 1.807) is 0 Å². The number of ether oxygens (including phenoxy) is 1. The molecule has 0 spiro atoms. The summed E-state index contributed by atoms with van der Waals surface area (Å²) >= 11 is 0. The first-order valence-electron chi connectivity index (χ1n) is 12.1. The second kappa shape index (κ2) is 13.7. The van der Waals surface area contributed by atoms with E-state index in [4.69, 9.17) is 29.5 Å². The molecule has 2 aliphatic rings. The number of benzene rings is 1. The number of hydrogen-bond acceptors (Lipinski definition) is 6. The van der Waals surface area contributed by atoms with Gasteiger partial charge in [-0.05, 0) is 38.8 Å². The van der Waals surface area contributed by atoms with Crippen molar-refractivity contribution in [2.45, 2.75) is 63.8 Å². The Balaban J connectivity index is 0.000000333. The molecule has 2 fully saturated rings. The molecule has 40 heavy (non-hydrogen) atoms. The van der Waals surface area contributed by atoms with Gasteiger partial charge in [0.15, 0.2) is 0 Å². The van der Waals surface area contributed by atoms with Crippen molar-refractivity contribution in [3.8, 4) is 0 Å². The predicted octanol–water partition coefficient (Wildman–Crippen LogP) is 4.01. The van der Waals surface area contributed by atoms with E-state index in [1.165, 1.54) is 0 Å². The van der Waals surface area contributed by atoms with Gasteiger partial charge >= 0.3 is 24.3 Å². The van der Waals surface area contributed by atoms with Crippen LogP contribution in [0.5, 0.6) is 0 Å². The number of nitrogens with zero attached hydrogens (tertiary/aromatic N) is 2. The van der Waals surface area contributed by atoms with Crippen LogP contribution in [0.1, 0.15) is 32.4 Å². The van der Waals surface area contributed by atoms with E-state index < -0.39 is 24.3 Å². The summed E-state index contributed by atoms with van der Waals surface area (Å²) in [6.07, 6.45) is -8.14. The molecule has 2 aliphatic heterocycles. The van der Waals surface area contributed by atoms with Crippen LogP contribution in [0.3, 0.4) is 0 Å². The molecule has 3 heterocycles. The average Bonchev–Trinajstić information content (AvgIpc) is 3.32. The monoisotopic (exact) mass is 581 g/mol. The standard InChI is InChI=1S/C21H27N3O2.2C2HF3O2/c1-14(2)22-21(25)16-11-20-19(9-10-26-20)24(12-16)13-17-8-7-15-5-3-4-6-18(15)23-17;2*3-2(4,5)1(6)7/h3-8,14,16,19-20H,9-13H2,1-2H3,(H,22,25);2*(H,6,7)/t16-,19+,20+;;/m0../s1. The van der Waals surface area contributed by atoms with Crippen molar-refractivity contribution in [3.63, 3.8) is 0 Å². The molecule has 2 aromatic rings. The van der Waals surface area contributed by atoms with Crippen LogP contribution in [0, 0.1) is 5.92 Å². The molecule has 4 rings (SSSR count). The lowest BCUT2D eigenvalue weighted by Crippen LogP contribution is -2.53. The topological polar surface area (TPSA) is 129 Å². The molecule has 0 radical (unpaired) electrons. The van der Waals surface area contributed by atoms with E-state index in [2.05, 4.69) is 34.5 Å². The van der Waals surface area contributed by atoms with E-state index in [9.17, 15) is 31.1 Å². The number of halogens is 6. The Labute approximate surface area is 225 Å². The van der Waals surface area contributed by atoms with Crippen molar-refractivity contribution in [2.75, 3.05) is 13.2 Å². The SMILES string of the molecule is CC(C)NC(=O)[C@H]1C[C@H]2OCC[C@H]2N(Cc2ccc3ccccc3n2)C1.O=C(O)C(F)(F)F.O=C(O)C(F)(F)F. The van der Waals surface area contributed by atoms with Gasteiger partial charge in [0.05, 0.1) is 23.2 Å². The van der Waals surface area contributed by atoms with Gasteiger partial charge in [-0.3, -0.25) is 14.7 Å². The summed E-state index contributed by atoms with van der Waals surface area (Å²) in [6.45, 7) is 6.34. The Morgan fingerprint density at radius 3 is 2.15 bits per heavy atom. The maximum atomic E-state index is 12.6. The fraction of sp³-hybridized carbons (Fsp3) is 0.520. The number of para-hydroxylation sites is 1. The molecular weight excluding hydrogens is 552 g/mol. The van der Waals surface area contributed by atoms with E-state index >= 15 is 0 Å².